The highest BCUT2D eigenvalue weighted by Crippen LogP contribution is 2.19. The standard InChI is InChI=1S/C13H15BrN4/c14-11-3-1-10(2-4-11)8-18-13(16-9-17-18)7-15-12-5-6-12/h1-4,9,12,15H,5-8H2. The minimum atomic E-state index is 0.697. The van der Waals surface area contributed by atoms with Gasteiger partial charge in [-0.25, -0.2) is 9.67 Å². The van der Waals surface area contributed by atoms with E-state index in [0.717, 1.165) is 23.4 Å². The van der Waals surface area contributed by atoms with E-state index in [1.54, 1.807) is 6.33 Å². The predicted molar refractivity (Wildman–Crippen MR) is 73.1 cm³/mol. The Balaban J connectivity index is 1.67. The molecular weight excluding hydrogens is 292 g/mol. The van der Waals surface area contributed by atoms with E-state index >= 15 is 0 Å². The Kier molecular flexibility index (Phi) is 3.43. The van der Waals surface area contributed by atoms with E-state index in [1.165, 1.54) is 18.4 Å². The van der Waals surface area contributed by atoms with Crippen molar-refractivity contribution in [3.05, 3.63) is 46.5 Å². The van der Waals surface area contributed by atoms with Gasteiger partial charge in [0.05, 0.1) is 13.1 Å². The summed E-state index contributed by atoms with van der Waals surface area (Å²) in [5, 5.41) is 7.75. The van der Waals surface area contributed by atoms with Gasteiger partial charge >= 0.3 is 0 Å². The Bertz CT molecular complexity index is 516. The molecule has 3 rings (SSSR count). The average molecular weight is 307 g/mol. The lowest BCUT2D eigenvalue weighted by Gasteiger charge is -2.07. The number of aromatic nitrogens is 3. The van der Waals surface area contributed by atoms with Gasteiger partial charge in [-0.2, -0.15) is 5.10 Å². The Hall–Kier alpha value is -1.20. The summed E-state index contributed by atoms with van der Waals surface area (Å²) in [7, 11) is 0. The molecule has 1 aromatic carbocycles. The second-order valence-corrected chi connectivity index (χ2v) is 5.53. The van der Waals surface area contributed by atoms with E-state index in [-0.39, 0.29) is 0 Å². The van der Waals surface area contributed by atoms with Gasteiger partial charge in [-0.3, -0.25) is 0 Å². The monoisotopic (exact) mass is 306 g/mol. The van der Waals surface area contributed by atoms with E-state index in [2.05, 4.69) is 43.5 Å². The summed E-state index contributed by atoms with van der Waals surface area (Å²) >= 11 is 3.44. The molecule has 0 spiro atoms. The number of nitrogens with zero attached hydrogens (tertiary/aromatic N) is 3. The first kappa shape index (κ1) is 11.9. The van der Waals surface area contributed by atoms with Crippen LogP contribution in [0.2, 0.25) is 0 Å². The van der Waals surface area contributed by atoms with Crippen molar-refractivity contribution in [1.29, 1.82) is 0 Å². The van der Waals surface area contributed by atoms with Crippen molar-refractivity contribution in [2.24, 2.45) is 0 Å². The molecule has 0 aliphatic heterocycles. The minimum Gasteiger partial charge on any atom is -0.307 e. The van der Waals surface area contributed by atoms with Gasteiger partial charge in [-0.15, -0.1) is 0 Å². The Morgan fingerprint density at radius 1 is 1.28 bits per heavy atom. The maximum absolute atomic E-state index is 4.31. The van der Waals surface area contributed by atoms with E-state index in [0.29, 0.717) is 6.04 Å². The molecule has 0 bridgehead atoms. The smallest absolute Gasteiger partial charge is 0.141 e. The number of hydrogen-bond donors (Lipinski definition) is 1. The second kappa shape index (κ2) is 5.20. The molecule has 1 aliphatic carbocycles. The second-order valence-electron chi connectivity index (χ2n) is 4.62. The van der Waals surface area contributed by atoms with Gasteiger partial charge in [0.1, 0.15) is 12.2 Å². The molecule has 4 nitrogen and oxygen atoms in total. The van der Waals surface area contributed by atoms with Gasteiger partial charge in [-0.05, 0) is 30.5 Å². The summed E-state index contributed by atoms with van der Waals surface area (Å²) < 4.78 is 3.05. The van der Waals surface area contributed by atoms with Gasteiger partial charge in [0.15, 0.2) is 0 Å². The zero-order valence-electron chi connectivity index (χ0n) is 10.0. The molecule has 0 saturated heterocycles. The molecule has 94 valence electrons. The third-order valence-corrected chi connectivity index (χ3v) is 3.60. The van der Waals surface area contributed by atoms with Crippen molar-refractivity contribution in [1.82, 2.24) is 20.1 Å². The van der Waals surface area contributed by atoms with Crippen molar-refractivity contribution < 1.29 is 0 Å². The topological polar surface area (TPSA) is 42.7 Å². The molecule has 2 aromatic rings. The van der Waals surface area contributed by atoms with Gasteiger partial charge < -0.3 is 5.32 Å². The van der Waals surface area contributed by atoms with Gasteiger partial charge in [-0.1, -0.05) is 28.1 Å². The fourth-order valence-electron chi connectivity index (χ4n) is 1.84. The quantitative estimate of drug-likeness (QED) is 0.922. The third-order valence-electron chi connectivity index (χ3n) is 3.07. The zero-order chi connectivity index (χ0) is 12.4. The number of benzene rings is 1. The van der Waals surface area contributed by atoms with Crippen LogP contribution in [-0.2, 0) is 13.1 Å². The van der Waals surface area contributed by atoms with Crippen LogP contribution in [0, 0.1) is 0 Å². The van der Waals surface area contributed by atoms with Crippen LogP contribution in [-0.4, -0.2) is 20.8 Å². The number of rotatable bonds is 5. The van der Waals surface area contributed by atoms with Gasteiger partial charge in [0.2, 0.25) is 0 Å². The third kappa shape index (κ3) is 2.97. The molecule has 1 fully saturated rings. The highest BCUT2D eigenvalue weighted by atomic mass is 79.9. The summed E-state index contributed by atoms with van der Waals surface area (Å²) in [6, 6.07) is 9.00. The Morgan fingerprint density at radius 2 is 2.06 bits per heavy atom. The van der Waals surface area contributed by atoms with Crippen LogP contribution >= 0.6 is 15.9 Å². The molecular formula is C13H15BrN4. The van der Waals surface area contributed by atoms with Crippen molar-refractivity contribution in [3.8, 4) is 0 Å². The van der Waals surface area contributed by atoms with Crippen LogP contribution in [0.4, 0.5) is 0 Å². The first-order valence-electron chi connectivity index (χ1n) is 6.16. The van der Waals surface area contributed by atoms with Crippen LogP contribution in [0.15, 0.2) is 35.1 Å². The maximum Gasteiger partial charge on any atom is 0.141 e. The molecule has 0 unspecified atom stereocenters. The largest absolute Gasteiger partial charge is 0.307 e. The first-order chi connectivity index (χ1) is 8.81. The summed E-state index contributed by atoms with van der Waals surface area (Å²) in [5.74, 6) is 1.00. The number of hydrogen-bond acceptors (Lipinski definition) is 3. The van der Waals surface area contributed by atoms with E-state index in [9.17, 15) is 0 Å². The highest BCUT2D eigenvalue weighted by Gasteiger charge is 2.20. The minimum absolute atomic E-state index is 0.697. The molecule has 0 atom stereocenters. The summed E-state index contributed by atoms with van der Waals surface area (Å²) in [6.07, 6.45) is 4.21. The molecule has 1 N–H and O–H groups in total. The SMILES string of the molecule is Brc1ccc(Cn2ncnc2CNC2CC2)cc1. The summed E-state index contributed by atoms with van der Waals surface area (Å²) in [4.78, 5) is 4.31. The molecule has 0 amide bonds. The van der Waals surface area contributed by atoms with Crippen LogP contribution < -0.4 is 5.32 Å². The zero-order valence-corrected chi connectivity index (χ0v) is 11.6. The molecule has 5 heteroatoms. The molecule has 0 radical (unpaired) electrons. The molecule has 18 heavy (non-hydrogen) atoms. The van der Waals surface area contributed by atoms with E-state index in [1.807, 2.05) is 16.8 Å². The lowest BCUT2D eigenvalue weighted by molar-refractivity contribution is 0.583. The fourth-order valence-corrected chi connectivity index (χ4v) is 2.11. The Labute approximate surface area is 115 Å². The van der Waals surface area contributed by atoms with Crippen LogP contribution in [0.5, 0.6) is 0 Å². The van der Waals surface area contributed by atoms with Crippen molar-refractivity contribution in [2.75, 3.05) is 0 Å². The van der Waals surface area contributed by atoms with Crippen LogP contribution in [0.3, 0.4) is 0 Å². The van der Waals surface area contributed by atoms with E-state index in [4.69, 9.17) is 0 Å². The Morgan fingerprint density at radius 3 is 2.78 bits per heavy atom. The summed E-state index contributed by atoms with van der Waals surface area (Å²) in [6.45, 7) is 1.58. The molecule has 1 aliphatic rings. The predicted octanol–water partition coefficient (Wildman–Crippen LogP) is 2.34. The average Bonchev–Trinajstić information content (AvgIpc) is 3.11. The molecule has 1 saturated carbocycles. The van der Waals surface area contributed by atoms with Crippen molar-refractivity contribution in [3.63, 3.8) is 0 Å². The van der Waals surface area contributed by atoms with Crippen LogP contribution in [0.25, 0.3) is 0 Å². The number of nitrogens with one attached hydrogen (secondary N) is 1. The van der Waals surface area contributed by atoms with Gasteiger partial charge in [0, 0.05) is 10.5 Å². The van der Waals surface area contributed by atoms with Crippen LogP contribution in [0.1, 0.15) is 24.2 Å². The molecule has 1 aromatic heterocycles. The maximum atomic E-state index is 4.31. The first-order valence-corrected chi connectivity index (χ1v) is 6.95. The normalized spacial score (nSPS) is 14.9. The number of halogens is 1. The fraction of sp³-hybridized carbons (Fsp3) is 0.385. The lowest BCUT2D eigenvalue weighted by atomic mass is 10.2. The molecule has 1 heterocycles. The summed E-state index contributed by atoms with van der Waals surface area (Å²) in [5.41, 5.74) is 1.23. The van der Waals surface area contributed by atoms with E-state index < -0.39 is 0 Å². The van der Waals surface area contributed by atoms with Crippen molar-refractivity contribution >= 4 is 15.9 Å². The van der Waals surface area contributed by atoms with Crippen molar-refractivity contribution in [2.45, 2.75) is 32.0 Å². The lowest BCUT2D eigenvalue weighted by Crippen LogP contribution is -2.19. The highest BCUT2D eigenvalue weighted by molar-refractivity contribution is 9.10. The van der Waals surface area contributed by atoms with Gasteiger partial charge in [0.25, 0.3) is 0 Å².